The molecule has 0 saturated carbocycles. The molecule has 0 aromatic heterocycles. The Morgan fingerprint density at radius 3 is 2.86 bits per heavy atom. The molecule has 1 aromatic rings. The van der Waals surface area contributed by atoms with E-state index in [0.29, 0.717) is 25.4 Å². The zero-order valence-corrected chi connectivity index (χ0v) is 13.3. The third-order valence-corrected chi connectivity index (χ3v) is 4.40. The zero-order valence-electron chi connectivity index (χ0n) is 11.7. The van der Waals surface area contributed by atoms with Crippen LogP contribution in [-0.4, -0.2) is 35.0 Å². The van der Waals surface area contributed by atoms with Crippen LogP contribution < -0.4 is 0 Å². The van der Waals surface area contributed by atoms with Gasteiger partial charge < -0.3 is 10.0 Å². The lowest BCUT2D eigenvalue weighted by atomic mass is 10.0. The van der Waals surface area contributed by atoms with E-state index in [1.807, 2.05) is 24.3 Å². The summed E-state index contributed by atoms with van der Waals surface area (Å²) in [6, 6.07) is 7.72. The normalized spacial score (nSPS) is 18.3. The predicted molar refractivity (Wildman–Crippen MR) is 84.7 cm³/mol. The van der Waals surface area contributed by atoms with Gasteiger partial charge in [0, 0.05) is 30.1 Å². The maximum Gasteiger partial charge on any atom is 0.303 e. The molecule has 1 heterocycles. The Bertz CT molecular complexity index is 556. The van der Waals surface area contributed by atoms with Gasteiger partial charge in [-0.15, -0.1) is 0 Å². The number of amides is 1. The number of hydrogen-bond donors (Lipinski definition) is 1. The number of aliphatic carboxylic acids is 1. The van der Waals surface area contributed by atoms with Gasteiger partial charge in [0.2, 0.25) is 5.91 Å². The number of carboxylic acids is 1. The van der Waals surface area contributed by atoms with Crippen LogP contribution in [0.4, 0.5) is 0 Å². The Labute approximate surface area is 132 Å². The smallest absolute Gasteiger partial charge is 0.303 e. The molecule has 1 aromatic carbocycles. The highest BCUT2D eigenvalue weighted by Crippen LogP contribution is 2.22. The van der Waals surface area contributed by atoms with E-state index in [9.17, 15) is 9.59 Å². The molecule has 0 spiro atoms. The summed E-state index contributed by atoms with van der Waals surface area (Å²) < 4.78 is 0.954. The van der Waals surface area contributed by atoms with Crippen molar-refractivity contribution in [2.45, 2.75) is 19.3 Å². The average molecular weight is 352 g/mol. The summed E-state index contributed by atoms with van der Waals surface area (Å²) in [4.78, 5) is 24.5. The number of hydrogen-bond acceptors (Lipinski definition) is 2. The zero-order chi connectivity index (χ0) is 15.2. The number of benzene rings is 1. The minimum Gasteiger partial charge on any atom is -0.481 e. The molecule has 0 bridgehead atoms. The summed E-state index contributed by atoms with van der Waals surface area (Å²) in [5.74, 6) is -0.473. The molecule has 1 unspecified atom stereocenters. The summed E-state index contributed by atoms with van der Waals surface area (Å²) in [6.45, 7) is 1.37. The molecule has 1 N–H and O–H groups in total. The van der Waals surface area contributed by atoms with Crippen molar-refractivity contribution in [1.82, 2.24) is 4.90 Å². The molecule has 2 rings (SSSR count). The van der Waals surface area contributed by atoms with Crippen molar-refractivity contribution in [3.8, 4) is 0 Å². The largest absolute Gasteiger partial charge is 0.481 e. The first kappa shape index (κ1) is 15.8. The van der Waals surface area contributed by atoms with Crippen molar-refractivity contribution in [3.63, 3.8) is 0 Å². The molecule has 1 aliphatic rings. The van der Waals surface area contributed by atoms with E-state index < -0.39 is 5.97 Å². The minimum absolute atomic E-state index is 0.0106. The van der Waals surface area contributed by atoms with Crippen LogP contribution in [0.15, 0.2) is 34.8 Å². The van der Waals surface area contributed by atoms with Crippen molar-refractivity contribution < 1.29 is 14.7 Å². The fraction of sp³-hybridized carbons (Fsp3) is 0.375. The van der Waals surface area contributed by atoms with E-state index >= 15 is 0 Å². The van der Waals surface area contributed by atoms with Gasteiger partial charge in [-0.2, -0.15) is 0 Å². The Morgan fingerprint density at radius 2 is 2.14 bits per heavy atom. The summed E-state index contributed by atoms with van der Waals surface area (Å²) in [7, 11) is 0. The molecule has 4 nitrogen and oxygen atoms in total. The third-order valence-electron chi connectivity index (χ3n) is 3.67. The quantitative estimate of drug-likeness (QED) is 0.828. The van der Waals surface area contributed by atoms with Gasteiger partial charge in [0.1, 0.15) is 0 Å². The first-order valence-corrected chi connectivity index (χ1v) is 7.79. The SMILES string of the molecule is O=C(O)CCC1CCN(C(=O)/C=C/c2ccccc2Br)C1. The number of carboxylic acid groups (broad SMARTS) is 1. The molecule has 1 saturated heterocycles. The lowest BCUT2D eigenvalue weighted by Gasteiger charge is -2.14. The molecule has 1 fully saturated rings. The van der Waals surface area contributed by atoms with Gasteiger partial charge in [-0.25, -0.2) is 0 Å². The van der Waals surface area contributed by atoms with Gasteiger partial charge in [-0.1, -0.05) is 34.1 Å². The molecule has 0 radical (unpaired) electrons. The first-order valence-electron chi connectivity index (χ1n) is 6.99. The highest BCUT2D eigenvalue weighted by Gasteiger charge is 2.25. The van der Waals surface area contributed by atoms with Crippen LogP contribution in [0, 0.1) is 5.92 Å². The van der Waals surface area contributed by atoms with Crippen molar-refractivity contribution in [3.05, 3.63) is 40.4 Å². The number of likely N-dealkylation sites (tertiary alicyclic amines) is 1. The maximum atomic E-state index is 12.1. The second kappa shape index (κ2) is 7.41. The summed E-state index contributed by atoms with van der Waals surface area (Å²) >= 11 is 3.44. The third kappa shape index (κ3) is 4.70. The van der Waals surface area contributed by atoms with E-state index in [-0.39, 0.29) is 12.3 Å². The Kier molecular flexibility index (Phi) is 5.56. The molecule has 21 heavy (non-hydrogen) atoms. The van der Waals surface area contributed by atoms with Gasteiger partial charge in [-0.05, 0) is 36.5 Å². The van der Waals surface area contributed by atoms with Crippen LogP contribution in [0.1, 0.15) is 24.8 Å². The second-order valence-electron chi connectivity index (χ2n) is 5.23. The van der Waals surface area contributed by atoms with Crippen LogP contribution in [0.5, 0.6) is 0 Å². The number of carbonyl (C=O) groups excluding carboxylic acids is 1. The fourth-order valence-electron chi connectivity index (χ4n) is 2.47. The number of nitrogens with zero attached hydrogens (tertiary/aromatic N) is 1. The first-order chi connectivity index (χ1) is 10.1. The number of halogens is 1. The van der Waals surface area contributed by atoms with Gasteiger partial charge in [0.05, 0.1) is 0 Å². The second-order valence-corrected chi connectivity index (χ2v) is 6.08. The van der Waals surface area contributed by atoms with Crippen LogP contribution in [0.2, 0.25) is 0 Å². The van der Waals surface area contributed by atoms with Gasteiger partial charge >= 0.3 is 5.97 Å². The van der Waals surface area contributed by atoms with Crippen LogP contribution in [-0.2, 0) is 9.59 Å². The fourth-order valence-corrected chi connectivity index (χ4v) is 2.89. The molecule has 1 aliphatic heterocycles. The Hall–Kier alpha value is -1.62. The summed E-state index contributed by atoms with van der Waals surface area (Å²) in [5, 5.41) is 8.69. The molecule has 1 atom stereocenters. The summed E-state index contributed by atoms with van der Waals surface area (Å²) in [6.07, 6.45) is 5.10. The molecule has 0 aliphatic carbocycles. The Morgan fingerprint density at radius 1 is 1.38 bits per heavy atom. The molecule has 5 heteroatoms. The topological polar surface area (TPSA) is 57.6 Å². The van der Waals surface area contributed by atoms with Crippen LogP contribution in [0.25, 0.3) is 6.08 Å². The monoisotopic (exact) mass is 351 g/mol. The van der Waals surface area contributed by atoms with E-state index in [4.69, 9.17) is 5.11 Å². The molecular weight excluding hydrogens is 334 g/mol. The molecule has 112 valence electrons. The number of rotatable bonds is 5. The van der Waals surface area contributed by atoms with Crippen molar-refractivity contribution in [2.75, 3.05) is 13.1 Å². The van der Waals surface area contributed by atoms with Crippen molar-refractivity contribution >= 4 is 33.9 Å². The van der Waals surface area contributed by atoms with Gasteiger partial charge in [-0.3, -0.25) is 9.59 Å². The average Bonchev–Trinajstić information content (AvgIpc) is 2.93. The minimum atomic E-state index is -0.770. The van der Waals surface area contributed by atoms with E-state index in [1.54, 1.807) is 17.1 Å². The van der Waals surface area contributed by atoms with Crippen molar-refractivity contribution in [2.24, 2.45) is 5.92 Å². The van der Waals surface area contributed by atoms with Crippen LogP contribution in [0.3, 0.4) is 0 Å². The molecule has 1 amide bonds. The van der Waals surface area contributed by atoms with Crippen LogP contribution >= 0.6 is 15.9 Å². The number of carbonyl (C=O) groups is 2. The molecular formula is C16H18BrNO3. The Balaban J connectivity index is 1.87. The van der Waals surface area contributed by atoms with E-state index in [0.717, 1.165) is 16.5 Å². The maximum absolute atomic E-state index is 12.1. The van der Waals surface area contributed by atoms with Crippen molar-refractivity contribution in [1.29, 1.82) is 0 Å². The predicted octanol–water partition coefficient (Wildman–Crippen LogP) is 3.18. The highest BCUT2D eigenvalue weighted by atomic mass is 79.9. The summed E-state index contributed by atoms with van der Waals surface area (Å²) in [5.41, 5.74) is 0.965. The van der Waals surface area contributed by atoms with E-state index in [1.165, 1.54) is 0 Å². The van der Waals surface area contributed by atoms with Gasteiger partial charge in [0.15, 0.2) is 0 Å². The van der Waals surface area contributed by atoms with Gasteiger partial charge in [0.25, 0.3) is 0 Å². The lowest BCUT2D eigenvalue weighted by Crippen LogP contribution is -2.26. The lowest BCUT2D eigenvalue weighted by molar-refractivity contribution is -0.137. The van der Waals surface area contributed by atoms with E-state index in [2.05, 4.69) is 15.9 Å². The highest BCUT2D eigenvalue weighted by molar-refractivity contribution is 9.10. The standard InChI is InChI=1S/C16H18BrNO3/c17-14-4-2-1-3-13(14)6-7-15(19)18-10-9-12(11-18)5-8-16(20)21/h1-4,6-7,12H,5,8-11H2,(H,20,21)/b7-6+.